The van der Waals surface area contributed by atoms with Gasteiger partial charge in [0.1, 0.15) is 0 Å². The number of rotatable bonds is 4. The SMILES string of the molecule is CCCNCC(=O)N=S(C)(C)=O. The van der Waals surface area contributed by atoms with E-state index in [1.54, 1.807) is 0 Å². The van der Waals surface area contributed by atoms with Crippen LogP contribution in [0.4, 0.5) is 0 Å². The number of hydrogen-bond donors (Lipinski definition) is 1. The summed E-state index contributed by atoms with van der Waals surface area (Å²) in [5, 5.41) is 2.89. The summed E-state index contributed by atoms with van der Waals surface area (Å²) in [7, 11) is -2.28. The predicted octanol–water partition coefficient (Wildman–Crippen LogP) is 0.240. The molecule has 0 aliphatic carbocycles. The molecule has 0 aliphatic rings. The average Bonchev–Trinajstić information content (AvgIpc) is 1.84. The van der Waals surface area contributed by atoms with Crippen LogP contribution in [0.5, 0.6) is 0 Å². The molecule has 0 aromatic rings. The first-order chi connectivity index (χ1) is 5.45. The van der Waals surface area contributed by atoms with Crippen LogP contribution in [0.2, 0.25) is 0 Å². The molecule has 1 amide bonds. The third-order valence-corrected chi connectivity index (χ3v) is 1.67. The van der Waals surface area contributed by atoms with E-state index in [0.29, 0.717) is 0 Å². The second-order valence-corrected chi connectivity index (χ2v) is 5.39. The molecule has 72 valence electrons. The first-order valence-electron chi connectivity index (χ1n) is 3.86. The zero-order chi connectivity index (χ0) is 9.61. The lowest BCUT2D eigenvalue weighted by Gasteiger charge is -1.98. The Kier molecular flexibility index (Phi) is 5.08. The van der Waals surface area contributed by atoms with Crippen LogP contribution in [0.15, 0.2) is 4.36 Å². The van der Waals surface area contributed by atoms with Crippen LogP contribution < -0.4 is 5.32 Å². The molecule has 0 heterocycles. The van der Waals surface area contributed by atoms with Gasteiger partial charge < -0.3 is 5.32 Å². The van der Waals surface area contributed by atoms with Crippen molar-refractivity contribution >= 4 is 15.6 Å². The van der Waals surface area contributed by atoms with Gasteiger partial charge in [-0.25, -0.2) is 4.21 Å². The van der Waals surface area contributed by atoms with Gasteiger partial charge in [0, 0.05) is 22.2 Å². The Morgan fingerprint density at radius 2 is 2.08 bits per heavy atom. The fourth-order valence-corrected chi connectivity index (χ4v) is 1.20. The summed E-state index contributed by atoms with van der Waals surface area (Å²) in [5.41, 5.74) is 0. The summed E-state index contributed by atoms with van der Waals surface area (Å²) in [4.78, 5) is 10.9. The minimum absolute atomic E-state index is 0.187. The lowest BCUT2D eigenvalue weighted by Crippen LogP contribution is -2.22. The maximum atomic E-state index is 11.0. The van der Waals surface area contributed by atoms with E-state index in [1.165, 1.54) is 12.5 Å². The maximum absolute atomic E-state index is 11.0. The zero-order valence-corrected chi connectivity index (χ0v) is 8.61. The van der Waals surface area contributed by atoms with Crippen molar-refractivity contribution in [3.63, 3.8) is 0 Å². The van der Waals surface area contributed by atoms with E-state index >= 15 is 0 Å². The topological polar surface area (TPSA) is 58.5 Å². The first-order valence-corrected chi connectivity index (χ1v) is 6.19. The van der Waals surface area contributed by atoms with Gasteiger partial charge in [0.2, 0.25) is 0 Å². The van der Waals surface area contributed by atoms with E-state index in [1.807, 2.05) is 6.92 Å². The Hall–Kier alpha value is -0.420. The molecule has 0 spiro atoms. The van der Waals surface area contributed by atoms with Crippen LogP contribution >= 0.6 is 0 Å². The van der Waals surface area contributed by atoms with E-state index in [-0.39, 0.29) is 12.5 Å². The maximum Gasteiger partial charge on any atom is 0.267 e. The molecule has 12 heavy (non-hydrogen) atoms. The van der Waals surface area contributed by atoms with E-state index in [9.17, 15) is 9.00 Å². The van der Waals surface area contributed by atoms with Crippen LogP contribution in [-0.4, -0.2) is 35.7 Å². The van der Waals surface area contributed by atoms with E-state index in [0.717, 1.165) is 13.0 Å². The third-order valence-electron chi connectivity index (χ3n) is 1.02. The summed E-state index contributed by atoms with van der Waals surface area (Å²) in [6.45, 7) is 2.99. The van der Waals surface area contributed by atoms with Gasteiger partial charge in [0.05, 0.1) is 6.54 Å². The van der Waals surface area contributed by atoms with Crippen molar-refractivity contribution in [3.05, 3.63) is 0 Å². The minimum atomic E-state index is -2.28. The molecular formula is C7H16N2O2S. The minimum Gasteiger partial charge on any atom is -0.308 e. The Labute approximate surface area is 73.9 Å². The summed E-state index contributed by atoms with van der Waals surface area (Å²) >= 11 is 0. The van der Waals surface area contributed by atoms with Crippen molar-refractivity contribution in [1.29, 1.82) is 0 Å². The fourth-order valence-electron chi connectivity index (χ4n) is 0.650. The smallest absolute Gasteiger partial charge is 0.267 e. The van der Waals surface area contributed by atoms with Gasteiger partial charge in [-0.3, -0.25) is 4.79 Å². The summed E-state index contributed by atoms with van der Waals surface area (Å²) in [5.74, 6) is -0.335. The van der Waals surface area contributed by atoms with E-state index in [4.69, 9.17) is 0 Å². The van der Waals surface area contributed by atoms with Crippen LogP contribution in [0.25, 0.3) is 0 Å². The van der Waals surface area contributed by atoms with E-state index < -0.39 is 9.73 Å². The zero-order valence-electron chi connectivity index (χ0n) is 7.79. The van der Waals surface area contributed by atoms with Crippen molar-refractivity contribution in [1.82, 2.24) is 5.32 Å². The van der Waals surface area contributed by atoms with Gasteiger partial charge in [0.25, 0.3) is 5.91 Å². The summed E-state index contributed by atoms with van der Waals surface area (Å²) in [6.07, 6.45) is 3.87. The van der Waals surface area contributed by atoms with Crippen molar-refractivity contribution < 1.29 is 9.00 Å². The van der Waals surface area contributed by atoms with Crippen LogP contribution in [0, 0.1) is 0 Å². The van der Waals surface area contributed by atoms with Gasteiger partial charge in [-0.15, -0.1) is 0 Å². The van der Waals surface area contributed by atoms with Gasteiger partial charge in [-0.1, -0.05) is 6.92 Å². The molecule has 0 aromatic heterocycles. The standard InChI is InChI=1S/C7H16N2O2S/c1-4-5-8-6-7(10)9-12(2,3)11/h8H,4-6H2,1-3H3. The number of amides is 1. The number of carbonyl (C=O) groups is 1. The highest BCUT2D eigenvalue weighted by Gasteiger charge is 1.99. The average molecular weight is 192 g/mol. The van der Waals surface area contributed by atoms with Crippen LogP contribution in [-0.2, 0) is 14.5 Å². The number of carbonyl (C=O) groups excluding carboxylic acids is 1. The molecule has 0 unspecified atom stereocenters. The van der Waals surface area contributed by atoms with Crippen LogP contribution in [0.1, 0.15) is 13.3 Å². The van der Waals surface area contributed by atoms with Gasteiger partial charge >= 0.3 is 0 Å². The number of nitrogens with zero attached hydrogens (tertiary/aromatic N) is 1. The monoisotopic (exact) mass is 192 g/mol. The van der Waals surface area contributed by atoms with E-state index in [2.05, 4.69) is 9.68 Å². The van der Waals surface area contributed by atoms with Gasteiger partial charge in [-0.2, -0.15) is 4.36 Å². The van der Waals surface area contributed by atoms with Crippen molar-refractivity contribution in [2.45, 2.75) is 13.3 Å². The van der Waals surface area contributed by atoms with Gasteiger partial charge in [0.15, 0.2) is 0 Å². The molecule has 0 bridgehead atoms. The van der Waals surface area contributed by atoms with Crippen molar-refractivity contribution in [3.8, 4) is 0 Å². The largest absolute Gasteiger partial charge is 0.308 e. The summed E-state index contributed by atoms with van der Waals surface area (Å²) in [6, 6.07) is 0. The third kappa shape index (κ3) is 7.68. The molecule has 4 nitrogen and oxygen atoms in total. The fraction of sp³-hybridized carbons (Fsp3) is 0.857. The molecule has 0 aromatic carbocycles. The lowest BCUT2D eigenvalue weighted by atomic mass is 10.5. The molecule has 0 radical (unpaired) electrons. The molecule has 0 fully saturated rings. The Balaban J connectivity index is 3.84. The molecule has 1 N–H and O–H groups in total. The normalized spacial score (nSPS) is 11.2. The molecule has 0 saturated heterocycles. The first kappa shape index (κ1) is 11.6. The van der Waals surface area contributed by atoms with Crippen molar-refractivity contribution in [2.75, 3.05) is 25.6 Å². The van der Waals surface area contributed by atoms with Crippen LogP contribution in [0.3, 0.4) is 0 Å². The highest BCUT2D eigenvalue weighted by atomic mass is 32.2. The Morgan fingerprint density at radius 1 is 1.50 bits per heavy atom. The summed E-state index contributed by atoms with van der Waals surface area (Å²) < 4.78 is 14.5. The molecule has 0 atom stereocenters. The Morgan fingerprint density at radius 3 is 2.50 bits per heavy atom. The molecular weight excluding hydrogens is 176 g/mol. The highest BCUT2D eigenvalue weighted by molar-refractivity contribution is 7.92. The molecule has 5 heteroatoms. The number of nitrogens with one attached hydrogen (secondary N) is 1. The molecule has 0 saturated carbocycles. The quantitative estimate of drug-likeness (QED) is 0.649. The Bertz CT molecular complexity index is 246. The number of hydrogen-bond acceptors (Lipinski definition) is 3. The second-order valence-electron chi connectivity index (χ2n) is 2.84. The molecule has 0 aliphatic heterocycles. The van der Waals surface area contributed by atoms with Gasteiger partial charge in [-0.05, 0) is 13.0 Å². The predicted molar refractivity (Wildman–Crippen MR) is 50.6 cm³/mol. The lowest BCUT2D eigenvalue weighted by molar-refractivity contribution is -0.116. The molecule has 0 rings (SSSR count). The van der Waals surface area contributed by atoms with Crippen molar-refractivity contribution in [2.24, 2.45) is 4.36 Å². The second kappa shape index (κ2) is 5.27. The highest BCUT2D eigenvalue weighted by Crippen LogP contribution is 1.84.